The van der Waals surface area contributed by atoms with E-state index in [0.717, 1.165) is 30.2 Å². The van der Waals surface area contributed by atoms with Crippen molar-refractivity contribution in [1.82, 2.24) is 0 Å². The normalized spacial score (nSPS) is 10.1. The molecule has 0 aliphatic heterocycles. The molecular weight excluding hydrogens is 257 g/mol. The SMILES string of the molecule is COc1ccc(OCCCNc2ccc(F)cc2)cc1. The van der Waals surface area contributed by atoms with E-state index in [1.165, 1.54) is 12.1 Å². The molecule has 0 amide bonds. The van der Waals surface area contributed by atoms with Gasteiger partial charge >= 0.3 is 0 Å². The third kappa shape index (κ3) is 4.46. The molecule has 2 rings (SSSR count). The quantitative estimate of drug-likeness (QED) is 0.781. The summed E-state index contributed by atoms with van der Waals surface area (Å²) in [4.78, 5) is 0. The first-order valence-electron chi connectivity index (χ1n) is 6.54. The fourth-order valence-electron chi connectivity index (χ4n) is 1.73. The second kappa shape index (κ2) is 7.38. The summed E-state index contributed by atoms with van der Waals surface area (Å²) >= 11 is 0. The summed E-state index contributed by atoms with van der Waals surface area (Å²) < 4.78 is 23.4. The van der Waals surface area contributed by atoms with Crippen LogP contribution in [0.25, 0.3) is 0 Å². The zero-order valence-electron chi connectivity index (χ0n) is 11.4. The molecule has 0 radical (unpaired) electrons. The minimum atomic E-state index is -0.224. The number of hydrogen-bond donors (Lipinski definition) is 1. The smallest absolute Gasteiger partial charge is 0.123 e. The maximum atomic E-state index is 12.7. The van der Waals surface area contributed by atoms with Crippen molar-refractivity contribution in [3.63, 3.8) is 0 Å². The zero-order valence-corrected chi connectivity index (χ0v) is 11.4. The number of hydrogen-bond acceptors (Lipinski definition) is 3. The van der Waals surface area contributed by atoms with Crippen LogP contribution in [-0.2, 0) is 0 Å². The summed E-state index contributed by atoms with van der Waals surface area (Å²) in [5, 5.41) is 3.21. The Morgan fingerprint density at radius 3 is 2.25 bits per heavy atom. The van der Waals surface area contributed by atoms with Crippen LogP contribution in [0.5, 0.6) is 11.5 Å². The van der Waals surface area contributed by atoms with Gasteiger partial charge in [0.25, 0.3) is 0 Å². The zero-order chi connectivity index (χ0) is 14.2. The second-order valence-electron chi connectivity index (χ2n) is 4.31. The highest BCUT2D eigenvalue weighted by molar-refractivity contribution is 5.42. The van der Waals surface area contributed by atoms with Gasteiger partial charge < -0.3 is 14.8 Å². The molecule has 1 N–H and O–H groups in total. The molecule has 0 aliphatic carbocycles. The highest BCUT2D eigenvalue weighted by Crippen LogP contribution is 2.17. The predicted molar refractivity (Wildman–Crippen MR) is 78.0 cm³/mol. The lowest BCUT2D eigenvalue weighted by Crippen LogP contribution is -2.07. The lowest BCUT2D eigenvalue weighted by molar-refractivity contribution is 0.314. The minimum Gasteiger partial charge on any atom is -0.497 e. The molecule has 0 spiro atoms. The molecule has 2 aromatic carbocycles. The van der Waals surface area contributed by atoms with E-state index in [-0.39, 0.29) is 5.82 Å². The fourth-order valence-corrected chi connectivity index (χ4v) is 1.73. The van der Waals surface area contributed by atoms with Gasteiger partial charge in [0.2, 0.25) is 0 Å². The Morgan fingerprint density at radius 2 is 1.60 bits per heavy atom. The van der Waals surface area contributed by atoms with Gasteiger partial charge in [-0.1, -0.05) is 0 Å². The number of rotatable bonds is 7. The van der Waals surface area contributed by atoms with E-state index in [1.54, 1.807) is 19.2 Å². The Labute approximate surface area is 118 Å². The Balaban J connectivity index is 1.64. The monoisotopic (exact) mass is 275 g/mol. The van der Waals surface area contributed by atoms with E-state index in [9.17, 15) is 4.39 Å². The van der Waals surface area contributed by atoms with E-state index < -0.39 is 0 Å². The Bertz CT molecular complexity index is 511. The van der Waals surface area contributed by atoms with Gasteiger partial charge in [-0.2, -0.15) is 0 Å². The van der Waals surface area contributed by atoms with Crippen LogP contribution in [0.2, 0.25) is 0 Å². The van der Waals surface area contributed by atoms with Gasteiger partial charge in [-0.05, 0) is 55.0 Å². The number of methoxy groups -OCH3 is 1. The summed E-state index contributed by atoms with van der Waals surface area (Å²) in [7, 11) is 1.64. The number of ether oxygens (including phenoxy) is 2. The van der Waals surface area contributed by atoms with Gasteiger partial charge in [-0.25, -0.2) is 4.39 Å². The van der Waals surface area contributed by atoms with Crippen LogP contribution < -0.4 is 14.8 Å². The van der Waals surface area contributed by atoms with Gasteiger partial charge in [0.05, 0.1) is 13.7 Å². The average Bonchev–Trinajstić information content (AvgIpc) is 2.49. The molecule has 20 heavy (non-hydrogen) atoms. The van der Waals surface area contributed by atoms with Gasteiger partial charge in [0.1, 0.15) is 17.3 Å². The van der Waals surface area contributed by atoms with Crippen LogP contribution in [0.4, 0.5) is 10.1 Å². The maximum absolute atomic E-state index is 12.7. The summed E-state index contributed by atoms with van der Waals surface area (Å²) in [6.45, 7) is 1.41. The average molecular weight is 275 g/mol. The van der Waals surface area contributed by atoms with Crippen LogP contribution in [-0.4, -0.2) is 20.3 Å². The number of anilines is 1. The lowest BCUT2D eigenvalue weighted by Gasteiger charge is -2.08. The highest BCUT2D eigenvalue weighted by atomic mass is 19.1. The molecule has 4 heteroatoms. The molecule has 0 aromatic heterocycles. The Hall–Kier alpha value is -2.23. The van der Waals surface area contributed by atoms with Crippen LogP contribution >= 0.6 is 0 Å². The first-order chi connectivity index (χ1) is 9.78. The van der Waals surface area contributed by atoms with E-state index in [1.807, 2.05) is 24.3 Å². The third-order valence-corrected chi connectivity index (χ3v) is 2.82. The molecule has 0 atom stereocenters. The van der Waals surface area contributed by atoms with E-state index in [2.05, 4.69) is 5.32 Å². The number of benzene rings is 2. The van der Waals surface area contributed by atoms with Gasteiger partial charge in [0, 0.05) is 12.2 Å². The van der Waals surface area contributed by atoms with Crippen molar-refractivity contribution < 1.29 is 13.9 Å². The first-order valence-corrected chi connectivity index (χ1v) is 6.54. The van der Waals surface area contributed by atoms with E-state index in [4.69, 9.17) is 9.47 Å². The molecule has 0 saturated carbocycles. The summed E-state index contributed by atoms with van der Waals surface area (Å²) in [6.07, 6.45) is 0.864. The molecule has 0 heterocycles. The van der Waals surface area contributed by atoms with E-state index >= 15 is 0 Å². The molecule has 0 bridgehead atoms. The molecule has 0 unspecified atom stereocenters. The van der Waals surface area contributed by atoms with Gasteiger partial charge in [-0.3, -0.25) is 0 Å². The van der Waals surface area contributed by atoms with Crippen molar-refractivity contribution >= 4 is 5.69 Å². The van der Waals surface area contributed by atoms with Crippen LogP contribution in [0.1, 0.15) is 6.42 Å². The predicted octanol–water partition coefficient (Wildman–Crippen LogP) is 3.72. The maximum Gasteiger partial charge on any atom is 0.123 e. The van der Waals surface area contributed by atoms with Crippen molar-refractivity contribution in [1.29, 1.82) is 0 Å². The minimum absolute atomic E-state index is 0.224. The largest absolute Gasteiger partial charge is 0.497 e. The molecule has 0 saturated heterocycles. The lowest BCUT2D eigenvalue weighted by atomic mass is 10.3. The van der Waals surface area contributed by atoms with Crippen molar-refractivity contribution in [2.45, 2.75) is 6.42 Å². The molecule has 3 nitrogen and oxygen atoms in total. The second-order valence-corrected chi connectivity index (χ2v) is 4.31. The van der Waals surface area contributed by atoms with Crippen molar-refractivity contribution in [3.8, 4) is 11.5 Å². The highest BCUT2D eigenvalue weighted by Gasteiger charge is 1.96. The Morgan fingerprint density at radius 1 is 0.950 bits per heavy atom. The van der Waals surface area contributed by atoms with Crippen molar-refractivity contribution in [3.05, 3.63) is 54.3 Å². The molecule has 2 aromatic rings. The van der Waals surface area contributed by atoms with E-state index in [0.29, 0.717) is 6.61 Å². The van der Waals surface area contributed by atoms with Gasteiger partial charge in [0.15, 0.2) is 0 Å². The van der Waals surface area contributed by atoms with Crippen molar-refractivity contribution in [2.24, 2.45) is 0 Å². The van der Waals surface area contributed by atoms with Crippen molar-refractivity contribution in [2.75, 3.05) is 25.6 Å². The standard InChI is InChI=1S/C16H18FNO2/c1-19-15-7-9-16(10-8-15)20-12-2-11-18-14-5-3-13(17)4-6-14/h3-10,18H,2,11-12H2,1H3. The Kier molecular flexibility index (Phi) is 5.24. The molecule has 0 aliphatic rings. The number of nitrogens with one attached hydrogen (secondary N) is 1. The third-order valence-electron chi connectivity index (χ3n) is 2.82. The molecular formula is C16H18FNO2. The first kappa shape index (κ1) is 14.2. The van der Waals surface area contributed by atoms with Crippen LogP contribution in [0.3, 0.4) is 0 Å². The molecule has 106 valence electrons. The summed E-state index contributed by atoms with van der Waals surface area (Å²) in [6, 6.07) is 13.8. The summed E-state index contributed by atoms with van der Waals surface area (Å²) in [5.74, 6) is 1.42. The summed E-state index contributed by atoms with van der Waals surface area (Å²) in [5.41, 5.74) is 0.913. The van der Waals surface area contributed by atoms with Gasteiger partial charge in [-0.15, -0.1) is 0 Å². The topological polar surface area (TPSA) is 30.5 Å². The number of halogens is 1. The molecule has 0 fully saturated rings. The van der Waals surface area contributed by atoms with Crippen LogP contribution in [0.15, 0.2) is 48.5 Å². The van der Waals surface area contributed by atoms with Crippen LogP contribution in [0, 0.1) is 5.82 Å². The fraction of sp³-hybridized carbons (Fsp3) is 0.250.